The predicted molar refractivity (Wildman–Crippen MR) is 121 cm³/mol. The number of hydrogen-bond acceptors (Lipinski definition) is 2. The Balaban J connectivity index is 1.39. The molecule has 0 saturated carbocycles. The van der Waals surface area contributed by atoms with Crippen LogP contribution in [-0.4, -0.2) is 27.9 Å². The monoisotopic (exact) mass is 450 g/mol. The van der Waals surface area contributed by atoms with Gasteiger partial charge in [-0.25, -0.2) is 0 Å². The van der Waals surface area contributed by atoms with E-state index in [0.29, 0.717) is 17.7 Å². The van der Waals surface area contributed by atoms with Gasteiger partial charge in [-0.1, -0.05) is 42.5 Å². The van der Waals surface area contributed by atoms with Gasteiger partial charge in [-0.05, 0) is 73.4 Å². The van der Waals surface area contributed by atoms with E-state index in [1.54, 1.807) is 0 Å². The van der Waals surface area contributed by atoms with Crippen molar-refractivity contribution in [2.24, 2.45) is 5.92 Å². The third-order valence-corrected chi connectivity index (χ3v) is 7.09. The van der Waals surface area contributed by atoms with Gasteiger partial charge in [0.2, 0.25) is 0 Å². The molecule has 0 spiro atoms. The first kappa shape index (κ1) is 21.7. The summed E-state index contributed by atoms with van der Waals surface area (Å²) in [6.45, 7) is 2.02. The number of amides is 1. The first-order valence-electron chi connectivity index (χ1n) is 11.3. The Bertz CT molecular complexity index is 1160. The molecule has 2 fully saturated rings. The van der Waals surface area contributed by atoms with E-state index in [1.165, 1.54) is 6.07 Å². The lowest BCUT2D eigenvalue weighted by atomic mass is 9.86. The van der Waals surface area contributed by atoms with Gasteiger partial charge in [-0.15, -0.1) is 0 Å². The molecule has 0 radical (unpaired) electrons. The number of hydrogen-bond donors (Lipinski definition) is 0. The van der Waals surface area contributed by atoms with Crippen molar-refractivity contribution >= 4 is 5.91 Å². The highest BCUT2D eigenvalue weighted by atomic mass is 19.4. The molecular formula is C27H25F3N2O. The Morgan fingerprint density at radius 1 is 1.03 bits per heavy atom. The molecule has 6 heteroatoms. The molecule has 5 rings (SSSR count). The highest BCUT2D eigenvalue weighted by molar-refractivity contribution is 6.02. The first-order valence-corrected chi connectivity index (χ1v) is 11.3. The third-order valence-electron chi connectivity index (χ3n) is 7.09. The van der Waals surface area contributed by atoms with Crippen LogP contribution < -0.4 is 0 Å². The van der Waals surface area contributed by atoms with Crippen molar-refractivity contribution in [1.82, 2.24) is 9.88 Å². The average molecular weight is 451 g/mol. The van der Waals surface area contributed by atoms with Crippen molar-refractivity contribution in [3.63, 3.8) is 0 Å². The van der Waals surface area contributed by atoms with Crippen LogP contribution in [0.5, 0.6) is 0 Å². The van der Waals surface area contributed by atoms with E-state index in [-0.39, 0.29) is 23.9 Å². The number of carbonyl (C=O) groups is 1. The fourth-order valence-corrected chi connectivity index (χ4v) is 5.60. The number of nitrogens with zero attached hydrogens (tertiary/aromatic N) is 2. The van der Waals surface area contributed by atoms with Crippen molar-refractivity contribution in [3.05, 3.63) is 89.2 Å². The molecule has 2 aliphatic heterocycles. The van der Waals surface area contributed by atoms with Gasteiger partial charge in [0.05, 0.1) is 5.56 Å². The zero-order chi connectivity index (χ0) is 23.2. The van der Waals surface area contributed by atoms with Gasteiger partial charge >= 0.3 is 6.18 Å². The van der Waals surface area contributed by atoms with E-state index in [2.05, 4.69) is 4.98 Å². The summed E-state index contributed by atoms with van der Waals surface area (Å²) in [5.41, 5.74) is 3.68. The highest BCUT2D eigenvalue weighted by Gasteiger charge is 2.48. The smallest absolute Gasteiger partial charge is 0.332 e. The molecule has 0 aliphatic carbocycles. The molecule has 3 unspecified atom stereocenters. The summed E-state index contributed by atoms with van der Waals surface area (Å²) in [4.78, 5) is 19.9. The van der Waals surface area contributed by atoms with Crippen LogP contribution in [0.25, 0.3) is 11.1 Å². The number of carbonyl (C=O) groups excluding carboxylic acids is 1. The second-order valence-electron chi connectivity index (χ2n) is 9.11. The maximum absolute atomic E-state index is 13.8. The number of halogens is 3. The summed E-state index contributed by atoms with van der Waals surface area (Å²) in [5, 5.41) is 0. The lowest BCUT2D eigenvalue weighted by molar-refractivity contribution is -0.137. The SMILES string of the molecule is Cc1cccc(C(=O)N2C3CCC2C(Cc2ccc(C(F)(F)F)cn2)C3)c1-c1ccccc1. The van der Waals surface area contributed by atoms with Gasteiger partial charge in [0, 0.05) is 29.5 Å². The molecule has 0 N–H and O–H groups in total. The summed E-state index contributed by atoms with van der Waals surface area (Å²) in [6, 6.07) is 18.6. The lowest BCUT2D eigenvalue weighted by Crippen LogP contribution is -2.37. The van der Waals surface area contributed by atoms with Gasteiger partial charge in [0.25, 0.3) is 5.91 Å². The Morgan fingerprint density at radius 2 is 1.82 bits per heavy atom. The van der Waals surface area contributed by atoms with Crippen molar-refractivity contribution in [2.45, 2.75) is 50.9 Å². The highest BCUT2D eigenvalue weighted by Crippen LogP contribution is 2.44. The van der Waals surface area contributed by atoms with Crippen LogP contribution in [0, 0.1) is 12.8 Å². The summed E-state index contributed by atoms with van der Waals surface area (Å²) >= 11 is 0. The maximum atomic E-state index is 13.8. The van der Waals surface area contributed by atoms with Crippen LogP contribution in [0.1, 0.15) is 46.4 Å². The fourth-order valence-electron chi connectivity index (χ4n) is 5.60. The minimum absolute atomic E-state index is 0.0490. The second-order valence-corrected chi connectivity index (χ2v) is 9.11. The lowest BCUT2D eigenvalue weighted by Gasteiger charge is -2.26. The molecule has 2 aliphatic rings. The maximum Gasteiger partial charge on any atom is 0.417 e. The van der Waals surface area contributed by atoms with Crippen LogP contribution in [0.4, 0.5) is 13.2 Å². The van der Waals surface area contributed by atoms with Gasteiger partial charge in [-0.3, -0.25) is 9.78 Å². The van der Waals surface area contributed by atoms with E-state index in [0.717, 1.165) is 48.2 Å². The molecule has 3 heterocycles. The van der Waals surface area contributed by atoms with Crippen molar-refractivity contribution in [2.75, 3.05) is 0 Å². The Hall–Kier alpha value is -3.15. The molecule has 2 saturated heterocycles. The number of fused-ring (bicyclic) bond motifs is 2. The van der Waals surface area contributed by atoms with Crippen molar-refractivity contribution in [1.29, 1.82) is 0 Å². The van der Waals surface area contributed by atoms with Gasteiger partial charge < -0.3 is 4.90 Å². The van der Waals surface area contributed by atoms with Crippen LogP contribution in [0.3, 0.4) is 0 Å². The molecule has 3 aromatic rings. The molecule has 3 nitrogen and oxygen atoms in total. The number of aryl methyl sites for hydroxylation is 1. The van der Waals surface area contributed by atoms with Crippen LogP contribution in [0.15, 0.2) is 66.9 Å². The van der Waals surface area contributed by atoms with Gasteiger partial charge in [-0.2, -0.15) is 13.2 Å². The number of alkyl halides is 3. The first-order chi connectivity index (χ1) is 15.8. The number of pyridine rings is 1. The topological polar surface area (TPSA) is 33.2 Å². The molecule has 2 aromatic carbocycles. The molecule has 3 atom stereocenters. The van der Waals surface area contributed by atoms with E-state index < -0.39 is 11.7 Å². The van der Waals surface area contributed by atoms with Crippen LogP contribution >= 0.6 is 0 Å². The quantitative estimate of drug-likeness (QED) is 0.467. The van der Waals surface area contributed by atoms with E-state index in [4.69, 9.17) is 0 Å². The minimum atomic E-state index is -4.38. The largest absolute Gasteiger partial charge is 0.417 e. The molecular weight excluding hydrogens is 425 g/mol. The minimum Gasteiger partial charge on any atom is -0.332 e. The molecule has 170 valence electrons. The molecule has 1 aromatic heterocycles. The van der Waals surface area contributed by atoms with Crippen LogP contribution in [0.2, 0.25) is 0 Å². The van der Waals surface area contributed by atoms with Gasteiger partial charge in [0.15, 0.2) is 0 Å². The standard InChI is InChI=1S/C27H25F3N2O/c1-17-6-5-9-23(25(17)18-7-3-2-4-8-18)26(33)32-22-12-13-24(32)19(15-22)14-21-11-10-20(16-31-21)27(28,29)30/h2-11,16,19,22,24H,12-15H2,1H3. The summed E-state index contributed by atoms with van der Waals surface area (Å²) in [6.07, 6.45) is -0.127. The number of aromatic nitrogens is 1. The van der Waals surface area contributed by atoms with E-state index in [9.17, 15) is 18.0 Å². The van der Waals surface area contributed by atoms with E-state index >= 15 is 0 Å². The van der Waals surface area contributed by atoms with E-state index in [1.807, 2.05) is 60.4 Å². The normalized spacial score (nSPS) is 22.1. The van der Waals surface area contributed by atoms with Gasteiger partial charge in [0.1, 0.15) is 0 Å². The number of benzene rings is 2. The molecule has 2 bridgehead atoms. The fraction of sp³-hybridized carbons (Fsp3) is 0.333. The molecule has 33 heavy (non-hydrogen) atoms. The van der Waals surface area contributed by atoms with Crippen molar-refractivity contribution < 1.29 is 18.0 Å². The zero-order valence-corrected chi connectivity index (χ0v) is 18.3. The zero-order valence-electron chi connectivity index (χ0n) is 18.3. The Labute approximate surface area is 191 Å². The number of rotatable bonds is 4. The summed E-state index contributed by atoms with van der Waals surface area (Å²) in [5.74, 6) is 0.259. The Kier molecular flexibility index (Phi) is 5.47. The van der Waals surface area contributed by atoms with Crippen molar-refractivity contribution in [3.8, 4) is 11.1 Å². The Morgan fingerprint density at radius 3 is 2.52 bits per heavy atom. The van der Waals surface area contributed by atoms with Crippen LogP contribution in [-0.2, 0) is 12.6 Å². The summed E-state index contributed by atoms with van der Waals surface area (Å²) in [7, 11) is 0. The predicted octanol–water partition coefficient (Wildman–Crippen LogP) is 6.31. The molecule has 1 amide bonds. The summed E-state index contributed by atoms with van der Waals surface area (Å²) < 4.78 is 38.5. The second kappa shape index (κ2) is 8.32. The average Bonchev–Trinajstić information content (AvgIpc) is 3.36. The third kappa shape index (κ3) is 4.03.